The first kappa shape index (κ1) is 12.5. The van der Waals surface area contributed by atoms with Crippen LogP contribution in [0.1, 0.15) is 48.7 Å². The van der Waals surface area contributed by atoms with E-state index in [9.17, 15) is 0 Å². The third-order valence-electron chi connectivity index (χ3n) is 4.24. The molecule has 1 aromatic carbocycles. The minimum absolute atomic E-state index is 0.244. The third-order valence-corrected chi connectivity index (χ3v) is 4.24. The van der Waals surface area contributed by atoms with Crippen molar-refractivity contribution in [3.05, 3.63) is 59.4 Å². The highest BCUT2D eigenvalue weighted by atomic mass is 15.0. The maximum Gasteiger partial charge on any atom is 0.0345 e. The number of hydrogen-bond donors (Lipinski definition) is 1. The van der Waals surface area contributed by atoms with E-state index >= 15 is 0 Å². The van der Waals surface area contributed by atoms with Crippen molar-refractivity contribution >= 4 is 0 Å². The van der Waals surface area contributed by atoms with Gasteiger partial charge < -0.3 is 10.3 Å². The molecule has 2 aromatic rings. The molecule has 2 unspecified atom stereocenters. The molecule has 100 valence electrons. The molecule has 0 saturated carbocycles. The summed E-state index contributed by atoms with van der Waals surface area (Å²) in [7, 11) is 0. The van der Waals surface area contributed by atoms with Crippen LogP contribution in [0.3, 0.4) is 0 Å². The fourth-order valence-corrected chi connectivity index (χ4v) is 3.22. The van der Waals surface area contributed by atoms with Crippen LogP contribution >= 0.6 is 0 Å². The normalized spacial score (nSPS) is 20.0. The number of nitrogens with zero attached hydrogens (tertiary/aromatic N) is 1. The van der Waals surface area contributed by atoms with Crippen LogP contribution in [0.25, 0.3) is 0 Å². The van der Waals surface area contributed by atoms with Crippen LogP contribution in [-0.4, -0.2) is 4.57 Å². The van der Waals surface area contributed by atoms with Crippen LogP contribution in [-0.2, 0) is 12.8 Å². The van der Waals surface area contributed by atoms with Gasteiger partial charge in [0.2, 0.25) is 0 Å². The molecule has 19 heavy (non-hydrogen) atoms. The van der Waals surface area contributed by atoms with Crippen molar-refractivity contribution in [2.75, 3.05) is 0 Å². The summed E-state index contributed by atoms with van der Waals surface area (Å²) in [5.74, 6) is 0. The topological polar surface area (TPSA) is 30.9 Å². The van der Waals surface area contributed by atoms with Crippen molar-refractivity contribution in [2.24, 2.45) is 5.73 Å². The van der Waals surface area contributed by atoms with Gasteiger partial charge >= 0.3 is 0 Å². The first-order valence-electron chi connectivity index (χ1n) is 7.25. The molecule has 3 rings (SSSR count). The molecule has 0 spiro atoms. The molecule has 1 aromatic heterocycles. The summed E-state index contributed by atoms with van der Waals surface area (Å²) in [6, 6.07) is 13.7. The van der Waals surface area contributed by atoms with Gasteiger partial charge in [0.15, 0.2) is 0 Å². The first-order valence-corrected chi connectivity index (χ1v) is 7.25. The Kier molecular flexibility index (Phi) is 3.43. The van der Waals surface area contributed by atoms with E-state index in [0.717, 1.165) is 12.8 Å². The van der Waals surface area contributed by atoms with Gasteiger partial charge in [0.1, 0.15) is 0 Å². The van der Waals surface area contributed by atoms with Gasteiger partial charge in [-0.25, -0.2) is 0 Å². The lowest BCUT2D eigenvalue weighted by atomic mass is 9.93. The van der Waals surface area contributed by atoms with E-state index in [1.54, 1.807) is 0 Å². The number of benzene rings is 1. The molecule has 0 bridgehead atoms. The van der Waals surface area contributed by atoms with E-state index in [1.807, 2.05) is 0 Å². The Morgan fingerprint density at radius 2 is 2.05 bits per heavy atom. The molecule has 2 heteroatoms. The molecule has 0 saturated heterocycles. The Hall–Kier alpha value is -1.54. The average Bonchev–Trinajstić information content (AvgIpc) is 2.85. The molecule has 2 nitrogen and oxygen atoms in total. The zero-order valence-electron chi connectivity index (χ0n) is 11.5. The van der Waals surface area contributed by atoms with Gasteiger partial charge in [0.05, 0.1) is 0 Å². The summed E-state index contributed by atoms with van der Waals surface area (Å²) in [5, 5.41) is 0. The van der Waals surface area contributed by atoms with E-state index in [-0.39, 0.29) is 6.04 Å². The Morgan fingerprint density at radius 1 is 1.26 bits per heavy atom. The van der Waals surface area contributed by atoms with Crippen molar-refractivity contribution < 1.29 is 0 Å². The molecule has 2 atom stereocenters. The van der Waals surface area contributed by atoms with Gasteiger partial charge in [0.25, 0.3) is 0 Å². The molecule has 0 fully saturated rings. The average molecular weight is 254 g/mol. The molecule has 2 N–H and O–H groups in total. The molecule has 1 aliphatic rings. The maximum atomic E-state index is 6.20. The van der Waals surface area contributed by atoms with E-state index in [2.05, 4.69) is 54.1 Å². The van der Waals surface area contributed by atoms with Crippen LogP contribution in [0.4, 0.5) is 0 Å². The Bertz CT molecular complexity index is 542. The molecule has 0 radical (unpaired) electrons. The standard InChI is InChI=1S/C17H22N2/c1-13(12-14-6-3-2-4-7-14)19-11-10-15-16(18)8-5-9-17(15)19/h2-4,6-7,10-11,13,16H,5,8-9,12,18H2,1H3. The predicted octanol–water partition coefficient (Wildman–Crippen LogP) is 3.63. The Labute approximate surface area is 115 Å². The highest BCUT2D eigenvalue weighted by molar-refractivity contribution is 5.29. The molecule has 1 heterocycles. The zero-order chi connectivity index (χ0) is 13.2. The van der Waals surface area contributed by atoms with Gasteiger partial charge in [-0.1, -0.05) is 30.3 Å². The number of aromatic nitrogens is 1. The largest absolute Gasteiger partial charge is 0.348 e. The summed E-state index contributed by atoms with van der Waals surface area (Å²) in [5.41, 5.74) is 10.4. The van der Waals surface area contributed by atoms with Gasteiger partial charge in [-0.05, 0) is 49.8 Å². The lowest BCUT2D eigenvalue weighted by molar-refractivity contribution is 0.490. The third kappa shape index (κ3) is 2.45. The van der Waals surface area contributed by atoms with Crippen molar-refractivity contribution in [3.63, 3.8) is 0 Å². The molecular weight excluding hydrogens is 232 g/mol. The minimum atomic E-state index is 0.244. The van der Waals surface area contributed by atoms with Crippen molar-refractivity contribution in [1.29, 1.82) is 0 Å². The minimum Gasteiger partial charge on any atom is -0.348 e. The fourth-order valence-electron chi connectivity index (χ4n) is 3.22. The molecule has 0 aliphatic heterocycles. The summed E-state index contributed by atoms with van der Waals surface area (Å²) >= 11 is 0. The summed E-state index contributed by atoms with van der Waals surface area (Å²) < 4.78 is 2.43. The number of rotatable bonds is 3. The van der Waals surface area contributed by atoms with Crippen molar-refractivity contribution in [2.45, 2.75) is 44.7 Å². The summed E-state index contributed by atoms with van der Waals surface area (Å²) in [6.45, 7) is 2.30. The Morgan fingerprint density at radius 3 is 2.84 bits per heavy atom. The van der Waals surface area contributed by atoms with Crippen molar-refractivity contribution in [1.82, 2.24) is 4.57 Å². The van der Waals surface area contributed by atoms with Crippen LogP contribution in [0.15, 0.2) is 42.6 Å². The van der Waals surface area contributed by atoms with E-state index in [0.29, 0.717) is 6.04 Å². The van der Waals surface area contributed by atoms with Crippen LogP contribution in [0.2, 0.25) is 0 Å². The fraction of sp³-hybridized carbons (Fsp3) is 0.412. The maximum absolute atomic E-state index is 6.20. The Balaban J connectivity index is 1.83. The number of hydrogen-bond acceptors (Lipinski definition) is 1. The van der Waals surface area contributed by atoms with Gasteiger partial charge in [0, 0.05) is 24.0 Å². The summed E-state index contributed by atoms with van der Waals surface area (Å²) in [4.78, 5) is 0. The van der Waals surface area contributed by atoms with Crippen LogP contribution < -0.4 is 5.73 Å². The van der Waals surface area contributed by atoms with Crippen LogP contribution in [0.5, 0.6) is 0 Å². The first-order chi connectivity index (χ1) is 9.25. The van der Waals surface area contributed by atoms with Gasteiger partial charge in [-0.15, -0.1) is 0 Å². The quantitative estimate of drug-likeness (QED) is 0.891. The smallest absolute Gasteiger partial charge is 0.0345 e. The second kappa shape index (κ2) is 5.22. The number of nitrogens with two attached hydrogens (primary N) is 1. The zero-order valence-corrected chi connectivity index (χ0v) is 11.5. The molecular formula is C17H22N2. The SMILES string of the molecule is CC(Cc1ccccc1)n1ccc2c1CCCC2N. The molecule has 1 aliphatic carbocycles. The van der Waals surface area contributed by atoms with Gasteiger partial charge in [-0.3, -0.25) is 0 Å². The highest BCUT2D eigenvalue weighted by Crippen LogP contribution is 2.31. The molecule has 0 amide bonds. The van der Waals surface area contributed by atoms with Crippen molar-refractivity contribution in [3.8, 4) is 0 Å². The van der Waals surface area contributed by atoms with E-state index < -0.39 is 0 Å². The predicted molar refractivity (Wildman–Crippen MR) is 79.2 cm³/mol. The lowest BCUT2D eigenvalue weighted by Gasteiger charge is -2.24. The lowest BCUT2D eigenvalue weighted by Crippen LogP contribution is -2.19. The number of fused-ring (bicyclic) bond motifs is 1. The second-order valence-electron chi connectivity index (χ2n) is 5.66. The highest BCUT2D eigenvalue weighted by Gasteiger charge is 2.21. The van der Waals surface area contributed by atoms with E-state index in [1.165, 1.54) is 29.7 Å². The second-order valence-corrected chi connectivity index (χ2v) is 5.66. The monoisotopic (exact) mass is 254 g/mol. The van der Waals surface area contributed by atoms with E-state index in [4.69, 9.17) is 5.73 Å². The van der Waals surface area contributed by atoms with Crippen LogP contribution in [0, 0.1) is 0 Å². The summed E-state index contributed by atoms with van der Waals surface area (Å²) in [6.07, 6.45) is 6.83. The van der Waals surface area contributed by atoms with Gasteiger partial charge in [-0.2, -0.15) is 0 Å².